The summed E-state index contributed by atoms with van der Waals surface area (Å²) in [6.07, 6.45) is -4.36. The maximum atomic E-state index is 12.7. The fourth-order valence-corrected chi connectivity index (χ4v) is 2.77. The summed E-state index contributed by atoms with van der Waals surface area (Å²) in [5.41, 5.74) is -0.393. The van der Waals surface area contributed by atoms with Gasteiger partial charge in [0.05, 0.1) is 11.3 Å². The van der Waals surface area contributed by atoms with Crippen LogP contribution in [0.25, 0.3) is 0 Å². The molecule has 0 aromatic heterocycles. The maximum absolute atomic E-state index is 12.7. The van der Waals surface area contributed by atoms with Gasteiger partial charge in [-0.05, 0) is 30.7 Å². The summed E-state index contributed by atoms with van der Waals surface area (Å²) >= 11 is 0. The van der Waals surface area contributed by atoms with Gasteiger partial charge in [0.25, 0.3) is 5.91 Å². The molecule has 1 unspecified atom stereocenters. The van der Waals surface area contributed by atoms with Crippen LogP contribution in [-0.4, -0.2) is 30.3 Å². The van der Waals surface area contributed by atoms with Crippen molar-refractivity contribution in [2.75, 3.05) is 11.9 Å². The van der Waals surface area contributed by atoms with Gasteiger partial charge in [0.1, 0.15) is 5.75 Å². The molecule has 1 aliphatic heterocycles. The Morgan fingerprint density at radius 1 is 1.19 bits per heavy atom. The molecule has 3 rings (SSSR count). The van der Waals surface area contributed by atoms with Crippen molar-refractivity contribution in [1.82, 2.24) is 0 Å². The fraction of sp³-hybridized carbons (Fsp3) is 0.263. The van der Waals surface area contributed by atoms with Gasteiger partial charge < -0.3 is 14.8 Å². The SMILES string of the molecule is CC1(C(=O)Nc2ccccc2OCC(F)(F)F)Cc2ccccc2C(=O)O1. The molecule has 2 aromatic rings. The van der Waals surface area contributed by atoms with Gasteiger partial charge in [-0.3, -0.25) is 4.79 Å². The topological polar surface area (TPSA) is 64.6 Å². The first-order chi connectivity index (χ1) is 12.7. The molecular weight excluding hydrogens is 363 g/mol. The number of carbonyl (C=O) groups excluding carboxylic acids is 2. The number of hydrogen-bond donors (Lipinski definition) is 1. The third kappa shape index (κ3) is 4.21. The summed E-state index contributed by atoms with van der Waals surface area (Å²) in [7, 11) is 0. The smallest absolute Gasteiger partial charge is 0.422 e. The molecule has 27 heavy (non-hydrogen) atoms. The first-order valence-corrected chi connectivity index (χ1v) is 8.09. The Morgan fingerprint density at radius 3 is 2.59 bits per heavy atom. The second kappa shape index (κ2) is 6.94. The summed E-state index contributed by atoms with van der Waals surface area (Å²) in [6, 6.07) is 12.5. The Bertz CT molecular complexity index is 881. The lowest BCUT2D eigenvalue weighted by atomic mass is 9.89. The summed E-state index contributed by atoms with van der Waals surface area (Å²) in [5, 5.41) is 2.50. The summed E-state index contributed by atoms with van der Waals surface area (Å²) in [6.45, 7) is -0.0329. The molecule has 2 aromatic carbocycles. The molecule has 0 fully saturated rings. The van der Waals surface area contributed by atoms with E-state index in [1.807, 2.05) is 0 Å². The molecule has 142 valence electrons. The Kier molecular flexibility index (Phi) is 4.82. The fourth-order valence-electron chi connectivity index (χ4n) is 2.77. The number of rotatable bonds is 4. The average molecular weight is 379 g/mol. The minimum absolute atomic E-state index is 0.0582. The first kappa shape index (κ1) is 18.8. The van der Waals surface area contributed by atoms with Crippen molar-refractivity contribution in [2.24, 2.45) is 0 Å². The minimum Gasteiger partial charge on any atom is -0.482 e. The number of carbonyl (C=O) groups is 2. The quantitative estimate of drug-likeness (QED) is 0.822. The highest BCUT2D eigenvalue weighted by Gasteiger charge is 2.42. The van der Waals surface area contributed by atoms with Gasteiger partial charge in [-0.2, -0.15) is 13.2 Å². The van der Waals surface area contributed by atoms with E-state index in [0.717, 1.165) is 0 Å². The highest BCUT2D eigenvalue weighted by molar-refractivity contribution is 6.03. The van der Waals surface area contributed by atoms with E-state index >= 15 is 0 Å². The number of cyclic esters (lactones) is 1. The highest BCUT2D eigenvalue weighted by atomic mass is 19.4. The molecule has 0 saturated carbocycles. The van der Waals surface area contributed by atoms with Crippen molar-refractivity contribution in [3.63, 3.8) is 0 Å². The molecule has 1 aliphatic rings. The molecule has 0 bridgehead atoms. The van der Waals surface area contributed by atoms with E-state index in [4.69, 9.17) is 9.47 Å². The molecule has 0 saturated heterocycles. The van der Waals surface area contributed by atoms with Gasteiger partial charge in [0.15, 0.2) is 12.2 Å². The van der Waals surface area contributed by atoms with Crippen LogP contribution < -0.4 is 10.1 Å². The molecule has 1 heterocycles. The molecular formula is C19H16F3NO4. The number of esters is 1. The monoisotopic (exact) mass is 379 g/mol. The molecule has 5 nitrogen and oxygen atoms in total. The van der Waals surface area contributed by atoms with Crippen LogP contribution in [0.3, 0.4) is 0 Å². The second-order valence-electron chi connectivity index (χ2n) is 6.31. The third-order valence-corrected chi connectivity index (χ3v) is 4.09. The van der Waals surface area contributed by atoms with E-state index in [-0.39, 0.29) is 17.9 Å². The zero-order chi connectivity index (χ0) is 19.7. The standard InChI is InChI=1S/C19H16F3NO4/c1-18(10-12-6-2-3-7-13(12)16(24)27-18)17(25)23-14-8-4-5-9-15(14)26-11-19(20,21)22/h2-9H,10-11H2,1H3,(H,23,25). The van der Waals surface area contributed by atoms with E-state index in [9.17, 15) is 22.8 Å². The largest absolute Gasteiger partial charge is 0.482 e. The van der Waals surface area contributed by atoms with Gasteiger partial charge in [-0.15, -0.1) is 0 Å². The number of fused-ring (bicyclic) bond motifs is 1. The maximum Gasteiger partial charge on any atom is 0.422 e. The number of para-hydroxylation sites is 2. The predicted octanol–water partition coefficient (Wildman–Crippen LogP) is 3.74. The van der Waals surface area contributed by atoms with Gasteiger partial charge in [0.2, 0.25) is 0 Å². The Balaban J connectivity index is 1.79. The van der Waals surface area contributed by atoms with Crippen LogP contribution in [0.4, 0.5) is 18.9 Å². The lowest BCUT2D eigenvalue weighted by Gasteiger charge is -2.33. The molecule has 0 spiro atoms. The van der Waals surface area contributed by atoms with Crippen LogP contribution in [0, 0.1) is 0 Å². The minimum atomic E-state index is -4.51. The van der Waals surface area contributed by atoms with E-state index in [0.29, 0.717) is 11.1 Å². The van der Waals surface area contributed by atoms with Gasteiger partial charge in [-0.1, -0.05) is 30.3 Å². The first-order valence-electron chi connectivity index (χ1n) is 8.09. The van der Waals surface area contributed by atoms with Crippen molar-refractivity contribution >= 4 is 17.6 Å². The van der Waals surface area contributed by atoms with Crippen molar-refractivity contribution in [1.29, 1.82) is 0 Å². The summed E-state index contributed by atoms with van der Waals surface area (Å²) in [5.74, 6) is -1.42. The van der Waals surface area contributed by atoms with Crippen LogP contribution in [0.15, 0.2) is 48.5 Å². The van der Waals surface area contributed by atoms with E-state index in [1.165, 1.54) is 25.1 Å². The molecule has 1 atom stereocenters. The second-order valence-corrected chi connectivity index (χ2v) is 6.31. The van der Waals surface area contributed by atoms with Crippen molar-refractivity contribution in [3.8, 4) is 5.75 Å². The number of benzene rings is 2. The Morgan fingerprint density at radius 2 is 1.85 bits per heavy atom. The van der Waals surface area contributed by atoms with Crippen LogP contribution in [0.1, 0.15) is 22.8 Å². The van der Waals surface area contributed by atoms with Crippen molar-refractivity contribution < 1.29 is 32.2 Å². The molecule has 0 radical (unpaired) electrons. The number of ether oxygens (including phenoxy) is 2. The number of amides is 1. The third-order valence-electron chi connectivity index (χ3n) is 4.09. The highest BCUT2D eigenvalue weighted by Crippen LogP contribution is 2.31. The van der Waals surface area contributed by atoms with E-state index < -0.39 is 30.3 Å². The zero-order valence-electron chi connectivity index (χ0n) is 14.3. The van der Waals surface area contributed by atoms with Crippen molar-refractivity contribution in [2.45, 2.75) is 25.1 Å². The molecule has 0 aliphatic carbocycles. The van der Waals surface area contributed by atoms with Gasteiger partial charge in [0, 0.05) is 6.42 Å². The lowest BCUT2D eigenvalue weighted by Crippen LogP contribution is -2.48. The zero-order valence-corrected chi connectivity index (χ0v) is 14.3. The average Bonchev–Trinajstić information content (AvgIpc) is 2.60. The number of alkyl halides is 3. The van der Waals surface area contributed by atoms with Gasteiger partial charge in [-0.25, -0.2) is 4.79 Å². The van der Waals surface area contributed by atoms with Crippen LogP contribution in [0.2, 0.25) is 0 Å². The summed E-state index contributed by atoms with van der Waals surface area (Å²) in [4.78, 5) is 24.9. The molecule has 8 heteroatoms. The van der Waals surface area contributed by atoms with Crippen LogP contribution >= 0.6 is 0 Å². The molecule has 1 amide bonds. The number of nitrogens with one attached hydrogen (secondary N) is 1. The normalized spacial score (nSPS) is 19.0. The number of hydrogen-bond acceptors (Lipinski definition) is 4. The van der Waals surface area contributed by atoms with Crippen LogP contribution in [0.5, 0.6) is 5.75 Å². The van der Waals surface area contributed by atoms with Crippen LogP contribution in [-0.2, 0) is 16.0 Å². The summed E-state index contributed by atoms with van der Waals surface area (Å²) < 4.78 is 47.3. The lowest BCUT2D eigenvalue weighted by molar-refractivity contribution is -0.153. The molecule has 1 N–H and O–H groups in total. The van der Waals surface area contributed by atoms with E-state index in [1.54, 1.807) is 30.3 Å². The number of halogens is 3. The van der Waals surface area contributed by atoms with E-state index in [2.05, 4.69) is 5.32 Å². The van der Waals surface area contributed by atoms with Gasteiger partial charge >= 0.3 is 12.1 Å². The Hall–Kier alpha value is -3.03. The van der Waals surface area contributed by atoms with Crippen molar-refractivity contribution in [3.05, 3.63) is 59.7 Å². The number of anilines is 1. The Labute approximate surface area is 153 Å². The predicted molar refractivity (Wildman–Crippen MR) is 90.6 cm³/mol.